The minimum atomic E-state index is -0.760. The molecule has 1 aliphatic rings. The standard InChI is InChI=1S/C21H23NO3S/c1-15-13-22(12-11-19(15)21(24)25)20(23)17-7-9-18(10-8-17)26-14-16-5-3-2-4-6-16/h2-10,15,19H,11-14H2,1H3,(H,24,25). The number of carbonyl (C=O) groups excluding carboxylic acids is 1. The Morgan fingerprint density at radius 1 is 1.12 bits per heavy atom. The molecule has 1 amide bonds. The van der Waals surface area contributed by atoms with Gasteiger partial charge in [-0.3, -0.25) is 9.59 Å². The van der Waals surface area contributed by atoms with E-state index in [0.717, 1.165) is 10.6 Å². The molecule has 1 fully saturated rings. The zero-order chi connectivity index (χ0) is 18.5. The van der Waals surface area contributed by atoms with Crippen molar-refractivity contribution in [1.29, 1.82) is 0 Å². The Bertz CT molecular complexity index is 761. The molecule has 26 heavy (non-hydrogen) atoms. The fourth-order valence-corrected chi connectivity index (χ4v) is 4.17. The highest BCUT2D eigenvalue weighted by atomic mass is 32.2. The average molecular weight is 369 g/mol. The summed E-state index contributed by atoms with van der Waals surface area (Å²) in [5.74, 6) is -0.250. The molecule has 136 valence electrons. The Labute approximate surface area is 158 Å². The molecule has 5 heteroatoms. The summed E-state index contributed by atoms with van der Waals surface area (Å²) in [6, 6.07) is 18.0. The first-order valence-corrected chi connectivity index (χ1v) is 9.82. The number of aliphatic carboxylic acids is 1. The first-order valence-electron chi connectivity index (χ1n) is 8.83. The van der Waals surface area contributed by atoms with Gasteiger partial charge in [-0.1, -0.05) is 37.3 Å². The van der Waals surface area contributed by atoms with Gasteiger partial charge in [0.2, 0.25) is 0 Å². The monoisotopic (exact) mass is 369 g/mol. The Kier molecular flexibility index (Phi) is 5.99. The average Bonchev–Trinajstić information content (AvgIpc) is 2.66. The van der Waals surface area contributed by atoms with Gasteiger partial charge in [0, 0.05) is 29.3 Å². The summed E-state index contributed by atoms with van der Waals surface area (Å²) in [7, 11) is 0. The Balaban J connectivity index is 1.58. The number of nitrogens with zero attached hydrogens (tertiary/aromatic N) is 1. The van der Waals surface area contributed by atoms with Gasteiger partial charge in [0.1, 0.15) is 0 Å². The maximum absolute atomic E-state index is 12.7. The van der Waals surface area contributed by atoms with Crippen LogP contribution in [0, 0.1) is 11.8 Å². The van der Waals surface area contributed by atoms with Crippen molar-refractivity contribution in [3.8, 4) is 0 Å². The van der Waals surface area contributed by atoms with Crippen LogP contribution in [0.4, 0.5) is 0 Å². The van der Waals surface area contributed by atoms with E-state index >= 15 is 0 Å². The third kappa shape index (κ3) is 4.47. The lowest BCUT2D eigenvalue weighted by atomic mass is 9.87. The van der Waals surface area contributed by atoms with Gasteiger partial charge in [0.25, 0.3) is 5.91 Å². The molecule has 3 rings (SSSR count). The number of amides is 1. The molecule has 0 aliphatic carbocycles. The normalized spacial score (nSPS) is 20.0. The molecule has 2 aromatic carbocycles. The summed E-state index contributed by atoms with van der Waals surface area (Å²) in [5, 5.41) is 9.21. The van der Waals surface area contributed by atoms with E-state index in [2.05, 4.69) is 12.1 Å². The van der Waals surface area contributed by atoms with Crippen LogP contribution < -0.4 is 0 Å². The molecule has 0 radical (unpaired) electrons. The molecular formula is C21H23NO3S. The predicted octanol–water partition coefficient (Wildman–Crippen LogP) is 4.16. The molecule has 2 unspecified atom stereocenters. The van der Waals surface area contributed by atoms with Crippen molar-refractivity contribution < 1.29 is 14.7 Å². The van der Waals surface area contributed by atoms with Crippen molar-refractivity contribution in [2.24, 2.45) is 11.8 Å². The van der Waals surface area contributed by atoms with Crippen LogP contribution in [0.2, 0.25) is 0 Å². The lowest BCUT2D eigenvalue weighted by Crippen LogP contribution is -2.44. The van der Waals surface area contributed by atoms with E-state index in [-0.39, 0.29) is 17.7 Å². The van der Waals surface area contributed by atoms with Crippen LogP contribution in [0.25, 0.3) is 0 Å². The predicted molar refractivity (Wildman–Crippen MR) is 103 cm³/mol. The molecular weight excluding hydrogens is 346 g/mol. The molecule has 0 aromatic heterocycles. The SMILES string of the molecule is CC1CN(C(=O)c2ccc(SCc3ccccc3)cc2)CCC1C(=O)O. The number of thioether (sulfide) groups is 1. The van der Waals surface area contributed by atoms with Crippen LogP contribution in [0.15, 0.2) is 59.5 Å². The van der Waals surface area contributed by atoms with Crippen LogP contribution in [0.5, 0.6) is 0 Å². The highest BCUT2D eigenvalue weighted by molar-refractivity contribution is 7.98. The van der Waals surface area contributed by atoms with E-state index in [1.807, 2.05) is 49.4 Å². The lowest BCUT2D eigenvalue weighted by Gasteiger charge is -2.35. The van der Waals surface area contributed by atoms with Crippen molar-refractivity contribution in [3.63, 3.8) is 0 Å². The third-order valence-corrected chi connectivity index (χ3v) is 5.94. The van der Waals surface area contributed by atoms with Crippen LogP contribution >= 0.6 is 11.8 Å². The summed E-state index contributed by atoms with van der Waals surface area (Å²) in [6.45, 7) is 2.91. The van der Waals surface area contributed by atoms with Crippen LogP contribution in [0.3, 0.4) is 0 Å². The zero-order valence-corrected chi connectivity index (χ0v) is 15.6. The lowest BCUT2D eigenvalue weighted by molar-refractivity contribution is -0.145. The van der Waals surface area contributed by atoms with E-state index in [1.165, 1.54) is 5.56 Å². The number of benzene rings is 2. The Morgan fingerprint density at radius 2 is 1.81 bits per heavy atom. The molecule has 4 nitrogen and oxygen atoms in total. The molecule has 1 heterocycles. The topological polar surface area (TPSA) is 57.6 Å². The number of carboxylic acid groups (broad SMARTS) is 1. The van der Waals surface area contributed by atoms with Gasteiger partial charge in [-0.15, -0.1) is 11.8 Å². The maximum Gasteiger partial charge on any atom is 0.306 e. The van der Waals surface area contributed by atoms with E-state index in [4.69, 9.17) is 0 Å². The van der Waals surface area contributed by atoms with Crippen molar-refractivity contribution >= 4 is 23.6 Å². The number of piperidine rings is 1. The second-order valence-electron chi connectivity index (χ2n) is 6.76. The summed E-state index contributed by atoms with van der Waals surface area (Å²) in [5.41, 5.74) is 1.93. The van der Waals surface area contributed by atoms with Gasteiger partial charge in [-0.05, 0) is 42.2 Å². The number of carbonyl (C=O) groups is 2. The number of rotatable bonds is 5. The van der Waals surface area contributed by atoms with Crippen LogP contribution in [0.1, 0.15) is 29.3 Å². The number of likely N-dealkylation sites (tertiary alicyclic amines) is 1. The highest BCUT2D eigenvalue weighted by Gasteiger charge is 2.33. The molecule has 0 bridgehead atoms. The summed E-state index contributed by atoms with van der Waals surface area (Å²) in [4.78, 5) is 26.8. The summed E-state index contributed by atoms with van der Waals surface area (Å²) >= 11 is 1.74. The van der Waals surface area contributed by atoms with E-state index < -0.39 is 5.97 Å². The van der Waals surface area contributed by atoms with Gasteiger partial charge < -0.3 is 10.0 Å². The van der Waals surface area contributed by atoms with Crippen molar-refractivity contribution in [3.05, 3.63) is 65.7 Å². The molecule has 1 N–H and O–H groups in total. The minimum Gasteiger partial charge on any atom is -0.481 e. The Morgan fingerprint density at radius 3 is 2.42 bits per heavy atom. The second-order valence-corrected chi connectivity index (χ2v) is 7.81. The van der Waals surface area contributed by atoms with Crippen molar-refractivity contribution in [2.75, 3.05) is 13.1 Å². The van der Waals surface area contributed by atoms with Crippen molar-refractivity contribution in [2.45, 2.75) is 24.0 Å². The first kappa shape index (κ1) is 18.5. The van der Waals surface area contributed by atoms with Gasteiger partial charge >= 0.3 is 5.97 Å². The largest absolute Gasteiger partial charge is 0.481 e. The molecule has 2 atom stereocenters. The van der Waals surface area contributed by atoms with E-state index in [9.17, 15) is 14.7 Å². The Hall–Kier alpha value is -2.27. The minimum absolute atomic E-state index is 0.0136. The fourth-order valence-electron chi connectivity index (χ4n) is 3.31. The van der Waals surface area contributed by atoms with Gasteiger partial charge in [0.05, 0.1) is 5.92 Å². The van der Waals surface area contributed by atoms with Crippen LogP contribution in [-0.2, 0) is 10.5 Å². The quantitative estimate of drug-likeness (QED) is 0.804. The maximum atomic E-state index is 12.7. The van der Waals surface area contributed by atoms with Crippen LogP contribution in [-0.4, -0.2) is 35.0 Å². The molecule has 0 spiro atoms. The number of carboxylic acids is 1. The van der Waals surface area contributed by atoms with Gasteiger partial charge in [0.15, 0.2) is 0 Å². The second kappa shape index (κ2) is 8.41. The van der Waals surface area contributed by atoms with Gasteiger partial charge in [-0.25, -0.2) is 0 Å². The zero-order valence-electron chi connectivity index (χ0n) is 14.8. The fraction of sp³-hybridized carbons (Fsp3) is 0.333. The number of hydrogen-bond acceptors (Lipinski definition) is 3. The van der Waals surface area contributed by atoms with E-state index in [0.29, 0.717) is 25.1 Å². The molecule has 1 saturated heterocycles. The summed E-state index contributed by atoms with van der Waals surface area (Å²) in [6.07, 6.45) is 0.521. The first-order chi connectivity index (χ1) is 12.5. The molecule has 2 aromatic rings. The van der Waals surface area contributed by atoms with Gasteiger partial charge in [-0.2, -0.15) is 0 Å². The third-order valence-electron chi connectivity index (χ3n) is 4.86. The molecule has 1 aliphatic heterocycles. The smallest absolute Gasteiger partial charge is 0.306 e. The van der Waals surface area contributed by atoms with E-state index in [1.54, 1.807) is 16.7 Å². The molecule has 0 saturated carbocycles. The summed E-state index contributed by atoms with van der Waals surface area (Å²) < 4.78 is 0. The van der Waals surface area contributed by atoms with Crippen molar-refractivity contribution in [1.82, 2.24) is 4.90 Å². The number of hydrogen-bond donors (Lipinski definition) is 1. The highest BCUT2D eigenvalue weighted by Crippen LogP contribution is 2.26.